The average molecular weight is 312 g/mol. The summed E-state index contributed by atoms with van der Waals surface area (Å²) < 4.78 is 25.0. The lowest BCUT2D eigenvalue weighted by Gasteiger charge is -2.15. The molecule has 0 bridgehead atoms. The Balaban J connectivity index is 2.50. The number of sulfonamides is 1. The largest absolute Gasteiger partial charge is 0.297 e. The van der Waals surface area contributed by atoms with Crippen molar-refractivity contribution >= 4 is 27.4 Å². The number of hydrogen-bond donors (Lipinski definition) is 0. The number of fused-ring (bicyclic) bond motifs is 1. The van der Waals surface area contributed by atoms with Gasteiger partial charge in [-0.25, -0.2) is 12.7 Å². The number of hydrogen-bond acceptors (Lipinski definition) is 6. The molecule has 0 fully saturated rings. The topological polar surface area (TPSA) is 115 Å². The van der Waals surface area contributed by atoms with Crippen LogP contribution in [0.25, 0.3) is 0 Å². The smallest absolute Gasteiger partial charge is 0.270 e. The Hall–Kier alpha value is -2.29. The summed E-state index contributed by atoms with van der Waals surface area (Å²) in [7, 11) is -4.22. The minimum Gasteiger partial charge on any atom is -0.297 e. The van der Waals surface area contributed by atoms with Crippen LogP contribution in [0.4, 0.5) is 5.69 Å². The van der Waals surface area contributed by atoms with Gasteiger partial charge in [-0.2, -0.15) is 0 Å². The summed E-state index contributed by atoms with van der Waals surface area (Å²) in [6.45, 7) is 2.61. The van der Waals surface area contributed by atoms with Gasteiger partial charge in [-0.05, 0) is 6.07 Å². The molecule has 0 radical (unpaired) electrons. The quantitative estimate of drug-likeness (QED) is 0.604. The minimum atomic E-state index is -4.22. The molecule has 0 atom stereocenters. The van der Waals surface area contributed by atoms with E-state index in [-0.39, 0.29) is 5.56 Å². The number of amides is 1. The molecule has 2 rings (SSSR count). The Bertz CT molecular complexity index is 753. The number of Topliss-reactive ketones (excluding diaryl/α,β-unsaturated/α-hetero) is 1. The van der Waals surface area contributed by atoms with Gasteiger partial charge in [-0.1, -0.05) is 13.8 Å². The van der Waals surface area contributed by atoms with E-state index in [0.717, 1.165) is 18.2 Å². The number of benzene rings is 1. The van der Waals surface area contributed by atoms with E-state index in [9.17, 15) is 28.1 Å². The van der Waals surface area contributed by atoms with Crippen LogP contribution in [0.2, 0.25) is 0 Å². The first kappa shape index (κ1) is 15.1. The summed E-state index contributed by atoms with van der Waals surface area (Å²) in [6.07, 6.45) is 0. The van der Waals surface area contributed by atoms with Crippen molar-refractivity contribution < 1.29 is 22.9 Å². The molecule has 0 saturated heterocycles. The van der Waals surface area contributed by atoms with Crippen molar-refractivity contribution in [2.45, 2.75) is 18.7 Å². The zero-order valence-electron chi connectivity index (χ0n) is 11.3. The Morgan fingerprint density at radius 1 is 1.38 bits per heavy atom. The average Bonchev–Trinajstić information content (AvgIpc) is 2.59. The molecule has 1 aliphatic heterocycles. The molecule has 1 aliphatic rings. The van der Waals surface area contributed by atoms with Crippen LogP contribution in [0, 0.1) is 16.0 Å². The molecule has 1 aromatic rings. The number of rotatable bonds is 4. The first-order valence-corrected chi connectivity index (χ1v) is 7.48. The molecular formula is C12H12N2O6S. The maximum Gasteiger partial charge on any atom is 0.270 e. The van der Waals surface area contributed by atoms with E-state index in [1.54, 1.807) is 13.8 Å². The fourth-order valence-electron chi connectivity index (χ4n) is 1.86. The predicted octanol–water partition coefficient (Wildman–Crippen LogP) is 0.964. The van der Waals surface area contributed by atoms with E-state index in [1.165, 1.54) is 0 Å². The second kappa shape index (κ2) is 4.92. The highest BCUT2D eigenvalue weighted by Gasteiger charge is 2.43. The van der Waals surface area contributed by atoms with Gasteiger partial charge in [0.2, 0.25) is 0 Å². The van der Waals surface area contributed by atoms with Crippen LogP contribution in [-0.4, -0.2) is 35.9 Å². The number of nitrogens with zero attached hydrogens (tertiary/aromatic N) is 2. The van der Waals surface area contributed by atoms with E-state index in [4.69, 9.17) is 0 Å². The molecule has 0 saturated carbocycles. The van der Waals surface area contributed by atoms with Gasteiger partial charge in [-0.15, -0.1) is 0 Å². The van der Waals surface area contributed by atoms with E-state index in [2.05, 4.69) is 0 Å². The maximum absolute atomic E-state index is 12.3. The van der Waals surface area contributed by atoms with Crippen molar-refractivity contribution in [1.29, 1.82) is 0 Å². The minimum absolute atomic E-state index is 0.155. The van der Waals surface area contributed by atoms with Crippen molar-refractivity contribution in [2.24, 2.45) is 5.92 Å². The SMILES string of the molecule is CC(C)C(=O)CN1C(=O)c2ccc([N+](=O)[O-])cc2S1(=O)=O. The summed E-state index contributed by atoms with van der Waals surface area (Å²) in [6, 6.07) is 2.98. The monoisotopic (exact) mass is 312 g/mol. The standard InChI is InChI=1S/C12H12N2O6S/c1-7(2)10(15)6-13-12(16)9-4-3-8(14(17)18)5-11(9)21(13,19)20/h3-5,7H,6H2,1-2H3. The van der Waals surface area contributed by atoms with Gasteiger partial charge < -0.3 is 0 Å². The molecule has 1 heterocycles. The third-order valence-corrected chi connectivity index (χ3v) is 4.91. The van der Waals surface area contributed by atoms with Crippen LogP contribution in [-0.2, 0) is 14.8 Å². The summed E-state index contributed by atoms with van der Waals surface area (Å²) in [5, 5.41) is 10.7. The van der Waals surface area contributed by atoms with Crippen LogP contribution in [0.3, 0.4) is 0 Å². The van der Waals surface area contributed by atoms with Gasteiger partial charge in [0.25, 0.3) is 21.6 Å². The Morgan fingerprint density at radius 2 is 2.00 bits per heavy atom. The summed E-state index contributed by atoms with van der Waals surface area (Å²) >= 11 is 0. The predicted molar refractivity (Wildman–Crippen MR) is 71.2 cm³/mol. The summed E-state index contributed by atoms with van der Waals surface area (Å²) in [5.41, 5.74) is -0.584. The van der Waals surface area contributed by atoms with Gasteiger partial charge in [0, 0.05) is 18.1 Å². The first-order chi connectivity index (χ1) is 9.66. The Kier molecular flexibility index (Phi) is 3.54. The van der Waals surface area contributed by atoms with Crippen LogP contribution >= 0.6 is 0 Å². The lowest BCUT2D eigenvalue weighted by atomic mass is 10.1. The molecule has 1 amide bonds. The molecule has 8 nitrogen and oxygen atoms in total. The maximum atomic E-state index is 12.3. The molecule has 0 N–H and O–H groups in total. The molecular weight excluding hydrogens is 300 g/mol. The molecule has 112 valence electrons. The number of carbonyl (C=O) groups is 2. The van der Waals surface area contributed by atoms with Gasteiger partial charge in [0.1, 0.15) is 4.90 Å². The zero-order valence-corrected chi connectivity index (χ0v) is 12.1. The second-order valence-electron chi connectivity index (χ2n) is 4.88. The third-order valence-electron chi connectivity index (χ3n) is 3.14. The molecule has 0 spiro atoms. The molecule has 0 aromatic heterocycles. The molecule has 9 heteroatoms. The fourth-order valence-corrected chi connectivity index (χ4v) is 3.41. The highest BCUT2D eigenvalue weighted by Crippen LogP contribution is 2.32. The van der Waals surface area contributed by atoms with Crippen LogP contribution in [0.15, 0.2) is 23.1 Å². The highest BCUT2D eigenvalue weighted by molar-refractivity contribution is 7.90. The van der Waals surface area contributed by atoms with Crippen molar-refractivity contribution in [3.63, 3.8) is 0 Å². The fraction of sp³-hybridized carbons (Fsp3) is 0.333. The Labute approximate surface area is 120 Å². The van der Waals surface area contributed by atoms with E-state index in [1.807, 2.05) is 0 Å². The van der Waals surface area contributed by atoms with Crippen LogP contribution in [0.1, 0.15) is 24.2 Å². The van der Waals surface area contributed by atoms with E-state index < -0.39 is 49.7 Å². The van der Waals surface area contributed by atoms with Gasteiger partial charge >= 0.3 is 0 Å². The van der Waals surface area contributed by atoms with Crippen molar-refractivity contribution in [2.75, 3.05) is 6.54 Å². The third kappa shape index (κ3) is 2.40. The van der Waals surface area contributed by atoms with E-state index >= 15 is 0 Å². The molecule has 0 aliphatic carbocycles. The summed E-state index contributed by atoms with van der Waals surface area (Å²) in [4.78, 5) is 33.3. The zero-order chi connectivity index (χ0) is 15.9. The van der Waals surface area contributed by atoms with Crippen LogP contribution in [0.5, 0.6) is 0 Å². The molecule has 0 unspecified atom stereocenters. The van der Waals surface area contributed by atoms with Crippen LogP contribution < -0.4 is 0 Å². The lowest BCUT2D eigenvalue weighted by Crippen LogP contribution is -2.36. The van der Waals surface area contributed by atoms with Crippen molar-refractivity contribution in [1.82, 2.24) is 4.31 Å². The number of non-ortho nitro benzene ring substituents is 1. The number of ketones is 1. The number of nitro groups is 1. The van der Waals surface area contributed by atoms with Gasteiger partial charge in [-0.3, -0.25) is 19.7 Å². The van der Waals surface area contributed by atoms with E-state index in [0.29, 0.717) is 4.31 Å². The summed E-state index contributed by atoms with van der Waals surface area (Å²) in [5.74, 6) is -1.67. The molecule has 1 aromatic carbocycles. The first-order valence-electron chi connectivity index (χ1n) is 6.04. The second-order valence-corrected chi connectivity index (χ2v) is 6.71. The molecule has 21 heavy (non-hydrogen) atoms. The lowest BCUT2D eigenvalue weighted by molar-refractivity contribution is -0.385. The normalized spacial score (nSPS) is 16.1. The van der Waals surface area contributed by atoms with Crippen molar-refractivity contribution in [3.05, 3.63) is 33.9 Å². The highest BCUT2D eigenvalue weighted by atomic mass is 32.2. The Morgan fingerprint density at radius 3 is 2.52 bits per heavy atom. The number of nitro benzene ring substituents is 1. The van der Waals surface area contributed by atoms with Crippen molar-refractivity contribution in [3.8, 4) is 0 Å². The number of carbonyl (C=O) groups excluding carboxylic acids is 2. The van der Waals surface area contributed by atoms with Gasteiger partial charge in [0.05, 0.1) is 17.0 Å². The van der Waals surface area contributed by atoms with Gasteiger partial charge in [0.15, 0.2) is 5.78 Å².